The third-order valence-electron chi connectivity index (χ3n) is 2.41. The van der Waals surface area contributed by atoms with Crippen molar-refractivity contribution in [1.82, 2.24) is 4.90 Å². The maximum atomic E-state index is 10.6. The lowest BCUT2D eigenvalue weighted by Crippen LogP contribution is -2.44. The van der Waals surface area contributed by atoms with Gasteiger partial charge in [0.05, 0.1) is 12.6 Å². The second-order valence-corrected chi connectivity index (χ2v) is 3.76. The Hall–Kier alpha value is -1.08. The van der Waals surface area contributed by atoms with E-state index in [1.807, 2.05) is 13.8 Å². The number of rotatable bonds is 4. The van der Waals surface area contributed by atoms with Crippen molar-refractivity contribution in [3.05, 3.63) is 0 Å². The zero-order valence-electron chi connectivity index (χ0n) is 7.95. The van der Waals surface area contributed by atoms with Gasteiger partial charge in [-0.2, -0.15) is 5.26 Å². The van der Waals surface area contributed by atoms with Crippen LogP contribution in [0.25, 0.3) is 0 Å². The van der Waals surface area contributed by atoms with E-state index in [2.05, 4.69) is 6.07 Å². The van der Waals surface area contributed by atoms with Crippen LogP contribution in [0.2, 0.25) is 0 Å². The first kappa shape index (κ1) is 10.0. The lowest BCUT2D eigenvalue weighted by molar-refractivity contribution is -0.139. The van der Waals surface area contributed by atoms with Crippen molar-refractivity contribution in [2.75, 3.05) is 6.54 Å². The van der Waals surface area contributed by atoms with E-state index in [4.69, 9.17) is 10.4 Å². The van der Waals surface area contributed by atoms with Crippen molar-refractivity contribution >= 4 is 5.97 Å². The van der Waals surface area contributed by atoms with E-state index in [1.54, 1.807) is 4.90 Å². The number of carbonyl (C=O) groups is 1. The van der Waals surface area contributed by atoms with Gasteiger partial charge in [0.1, 0.15) is 5.54 Å². The highest BCUT2D eigenvalue weighted by Gasteiger charge is 2.50. The van der Waals surface area contributed by atoms with Crippen LogP contribution in [0.5, 0.6) is 0 Å². The Morgan fingerprint density at radius 2 is 2.23 bits per heavy atom. The molecule has 1 fully saturated rings. The van der Waals surface area contributed by atoms with Gasteiger partial charge < -0.3 is 5.11 Å². The fraction of sp³-hybridized carbons (Fsp3) is 0.778. The molecule has 0 saturated heterocycles. The zero-order chi connectivity index (χ0) is 10.1. The van der Waals surface area contributed by atoms with Crippen LogP contribution in [0.4, 0.5) is 0 Å². The van der Waals surface area contributed by atoms with E-state index in [0.29, 0.717) is 0 Å². The quantitative estimate of drug-likeness (QED) is 0.699. The molecule has 72 valence electrons. The molecule has 0 aromatic heterocycles. The molecular formula is C9H14N2O2. The number of hydrogen-bond acceptors (Lipinski definition) is 3. The smallest absolute Gasteiger partial charge is 0.317 e. The fourth-order valence-corrected chi connectivity index (χ4v) is 1.56. The monoisotopic (exact) mass is 182 g/mol. The van der Waals surface area contributed by atoms with Gasteiger partial charge in [0.2, 0.25) is 0 Å². The van der Waals surface area contributed by atoms with Crippen molar-refractivity contribution in [3.63, 3.8) is 0 Å². The molecular weight excluding hydrogens is 168 g/mol. The van der Waals surface area contributed by atoms with E-state index in [0.717, 1.165) is 12.8 Å². The van der Waals surface area contributed by atoms with Gasteiger partial charge in [-0.05, 0) is 26.7 Å². The van der Waals surface area contributed by atoms with Crippen LogP contribution in [0.1, 0.15) is 26.7 Å². The molecule has 1 rings (SSSR count). The first-order chi connectivity index (χ1) is 6.02. The molecule has 1 N–H and O–H groups in total. The zero-order valence-corrected chi connectivity index (χ0v) is 7.95. The van der Waals surface area contributed by atoms with Crippen LogP contribution >= 0.6 is 0 Å². The molecule has 0 unspecified atom stereocenters. The molecule has 1 aliphatic carbocycles. The maximum absolute atomic E-state index is 10.6. The number of carboxylic acid groups (broad SMARTS) is 1. The summed E-state index contributed by atoms with van der Waals surface area (Å²) in [6.45, 7) is 3.80. The summed E-state index contributed by atoms with van der Waals surface area (Å²) in [5.41, 5.74) is -0.480. The molecule has 0 bridgehead atoms. The molecule has 0 aromatic carbocycles. The summed E-state index contributed by atoms with van der Waals surface area (Å²) in [7, 11) is 0. The largest absolute Gasteiger partial charge is 0.480 e. The molecule has 0 aromatic rings. The predicted molar refractivity (Wildman–Crippen MR) is 47.1 cm³/mol. The van der Waals surface area contributed by atoms with Gasteiger partial charge in [0.15, 0.2) is 0 Å². The van der Waals surface area contributed by atoms with E-state index >= 15 is 0 Å². The van der Waals surface area contributed by atoms with Crippen molar-refractivity contribution in [2.45, 2.75) is 38.3 Å². The SMILES string of the molecule is CC(C)N(CC(=O)O)C1(C#N)CC1. The summed E-state index contributed by atoms with van der Waals surface area (Å²) in [6, 6.07) is 2.31. The molecule has 0 aliphatic heterocycles. The minimum absolute atomic E-state index is 0.0365. The molecule has 0 radical (unpaired) electrons. The second-order valence-electron chi connectivity index (χ2n) is 3.76. The van der Waals surface area contributed by atoms with Crippen LogP contribution in [0, 0.1) is 11.3 Å². The molecule has 4 heteroatoms. The number of nitriles is 1. The summed E-state index contributed by atoms with van der Waals surface area (Å²) >= 11 is 0. The minimum Gasteiger partial charge on any atom is -0.480 e. The normalized spacial score (nSPS) is 18.7. The third-order valence-corrected chi connectivity index (χ3v) is 2.41. The summed E-state index contributed by atoms with van der Waals surface area (Å²) in [5, 5.41) is 17.6. The Balaban J connectivity index is 2.69. The van der Waals surface area contributed by atoms with E-state index in [1.165, 1.54) is 0 Å². The van der Waals surface area contributed by atoms with Crippen LogP contribution in [-0.4, -0.2) is 34.1 Å². The first-order valence-corrected chi connectivity index (χ1v) is 4.41. The van der Waals surface area contributed by atoms with Gasteiger partial charge >= 0.3 is 5.97 Å². The molecule has 0 atom stereocenters. The van der Waals surface area contributed by atoms with Gasteiger partial charge in [-0.15, -0.1) is 0 Å². The fourth-order valence-electron chi connectivity index (χ4n) is 1.56. The highest BCUT2D eigenvalue weighted by molar-refractivity contribution is 5.69. The Kier molecular flexibility index (Phi) is 2.58. The van der Waals surface area contributed by atoms with Crippen LogP contribution in [0.3, 0.4) is 0 Å². The lowest BCUT2D eigenvalue weighted by Gasteiger charge is -2.28. The third kappa shape index (κ3) is 1.99. The van der Waals surface area contributed by atoms with Gasteiger partial charge in [-0.3, -0.25) is 9.69 Å². The average molecular weight is 182 g/mol. The van der Waals surface area contributed by atoms with Gasteiger partial charge in [0, 0.05) is 6.04 Å². The van der Waals surface area contributed by atoms with Crippen LogP contribution in [0.15, 0.2) is 0 Å². The molecule has 13 heavy (non-hydrogen) atoms. The molecule has 0 heterocycles. The van der Waals surface area contributed by atoms with E-state index in [9.17, 15) is 4.79 Å². The van der Waals surface area contributed by atoms with Crippen molar-refractivity contribution in [2.24, 2.45) is 0 Å². The summed E-state index contributed by atoms with van der Waals surface area (Å²) < 4.78 is 0. The molecule has 4 nitrogen and oxygen atoms in total. The maximum Gasteiger partial charge on any atom is 0.317 e. The van der Waals surface area contributed by atoms with E-state index in [-0.39, 0.29) is 12.6 Å². The van der Waals surface area contributed by atoms with Gasteiger partial charge in [-0.25, -0.2) is 0 Å². The molecule has 1 aliphatic rings. The molecule has 0 spiro atoms. The Morgan fingerprint density at radius 1 is 1.69 bits per heavy atom. The number of carboxylic acids is 1. The van der Waals surface area contributed by atoms with E-state index < -0.39 is 11.5 Å². The topological polar surface area (TPSA) is 64.3 Å². The highest BCUT2D eigenvalue weighted by atomic mass is 16.4. The molecule has 1 saturated carbocycles. The van der Waals surface area contributed by atoms with Crippen molar-refractivity contribution < 1.29 is 9.90 Å². The first-order valence-electron chi connectivity index (χ1n) is 4.41. The Labute approximate surface area is 77.8 Å². The highest BCUT2D eigenvalue weighted by Crippen LogP contribution is 2.41. The van der Waals surface area contributed by atoms with Gasteiger partial charge in [-0.1, -0.05) is 0 Å². The number of aliphatic carboxylic acids is 1. The van der Waals surface area contributed by atoms with Gasteiger partial charge in [0.25, 0.3) is 0 Å². The van der Waals surface area contributed by atoms with Crippen LogP contribution < -0.4 is 0 Å². The Bertz CT molecular complexity index is 251. The van der Waals surface area contributed by atoms with Crippen molar-refractivity contribution in [3.8, 4) is 6.07 Å². The van der Waals surface area contributed by atoms with Crippen molar-refractivity contribution in [1.29, 1.82) is 5.26 Å². The summed E-state index contributed by atoms with van der Waals surface area (Å²) in [4.78, 5) is 12.3. The summed E-state index contributed by atoms with van der Waals surface area (Å²) in [6.07, 6.45) is 1.60. The second kappa shape index (κ2) is 3.35. The number of nitrogens with zero attached hydrogens (tertiary/aromatic N) is 2. The van der Waals surface area contributed by atoms with Crippen LogP contribution in [-0.2, 0) is 4.79 Å². The number of hydrogen-bond donors (Lipinski definition) is 1. The predicted octanol–water partition coefficient (Wildman–Crippen LogP) is 0.838. The standard InChI is InChI=1S/C9H14N2O2/c1-7(2)11(5-8(12)13)9(6-10)3-4-9/h7H,3-5H2,1-2H3,(H,12,13). The Morgan fingerprint density at radius 3 is 2.46 bits per heavy atom. The minimum atomic E-state index is -0.866. The summed E-state index contributed by atoms with van der Waals surface area (Å²) in [5.74, 6) is -0.866. The lowest BCUT2D eigenvalue weighted by atomic mass is 10.2. The molecule has 0 amide bonds. The average Bonchev–Trinajstić information content (AvgIpc) is 2.80.